The molecule has 34 heavy (non-hydrogen) atoms. The lowest BCUT2D eigenvalue weighted by Crippen LogP contribution is -2.60. The minimum absolute atomic E-state index is 0.00245. The maximum absolute atomic E-state index is 12.2. The quantitative estimate of drug-likeness (QED) is 0.194. The van der Waals surface area contributed by atoms with E-state index in [1.165, 1.54) is 0 Å². The summed E-state index contributed by atoms with van der Waals surface area (Å²) in [5, 5.41) is 22.1. The van der Waals surface area contributed by atoms with Crippen molar-refractivity contribution < 1.29 is 29.3 Å². The van der Waals surface area contributed by atoms with Gasteiger partial charge in [-0.05, 0) is 86.9 Å². The Hall–Kier alpha value is -0.500. The van der Waals surface area contributed by atoms with Gasteiger partial charge in [0.05, 0.1) is 23.6 Å². The molecule has 194 valence electrons. The molecule has 5 unspecified atom stereocenters. The average molecular weight is 544 g/mol. The van der Waals surface area contributed by atoms with Gasteiger partial charge < -0.3 is 24.5 Å². The second kappa shape index (κ2) is 10.9. The number of esters is 1. The van der Waals surface area contributed by atoms with Crippen molar-refractivity contribution in [1.29, 1.82) is 0 Å². The predicted molar refractivity (Wildman–Crippen MR) is 132 cm³/mol. The molecule has 0 radical (unpaired) electrons. The van der Waals surface area contributed by atoms with Crippen LogP contribution in [0.5, 0.6) is 0 Å². The molecule has 4 rings (SSSR count). The highest BCUT2D eigenvalue weighted by Gasteiger charge is 2.66. The summed E-state index contributed by atoms with van der Waals surface area (Å²) in [5.74, 6) is 0.919. The van der Waals surface area contributed by atoms with E-state index in [2.05, 4.69) is 22.9 Å². The molecular weight excluding hydrogens is 500 g/mol. The van der Waals surface area contributed by atoms with Crippen LogP contribution in [0.1, 0.15) is 84.5 Å². The number of hydrogen-bond donors (Lipinski definition) is 2. The zero-order valence-electron chi connectivity index (χ0n) is 20.8. The van der Waals surface area contributed by atoms with Crippen molar-refractivity contribution in [3.63, 3.8) is 0 Å². The molecule has 7 heteroatoms. The predicted octanol–water partition coefficient (Wildman–Crippen LogP) is 4.42. The number of hydrogen-bond acceptors (Lipinski definition) is 6. The van der Waals surface area contributed by atoms with Crippen LogP contribution < -0.4 is 0 Å². The molecular formula is C27H43BrO6. The third-order valence-electron chi connectivity index (χ3n) is 10.2. The number of ether oxygens (including phenoxy) is 2. The van der Waals surface area contributed by atoms with Crippen molar-refractivity contribution in [1.82, 2.24) is 0 Å². The second-order valence-corrected chi connectivity index (χ2v) is 12.8. The van der Waals surface area contributed by atoms with Crippen LogP contribution in [0.15, 0.2) is 0 Å². The number of aldehydes is 1. The van der Waals surface area contributed by atoms with Crippen LogP contribution in [0, 0.1) is 34.5 Å². The zero-order valence-corrected chi connectivity index (χ0v) is 22.4. The van der Waals surface area contributed by atoms with Crippen molar-refractivity contribution in [2.75, 3.05) is 13.2 Å². The number of aliphatic hydroxyl groups is 2. The lowest BCUT2D eigenvalue weighted by molar-refractivity contribution is -0.196. The van der Waals surface area contributed by atoms with Crippen molar-refractivity contribution in [2.24, 2.45) is 34.5 Å². The highest BCUT2D eigenvalue weighted by molar-refractivity contribution is 9.09. The lowest BCUT2D eigenvalue weighted by Gasteiger charge is -2.62. The number of halogens is 1. The van der Waals surface area contributed by atoms with E-state index in [1.807, 2.05) is 0 Å². The Morgan fingerprint density at radius 2 is 1.94 bits per heavy atom. The molecule has 4 saturated carbocycles. The van der Waals surface area contributed by atoms with Gasteiger partial charge >= 0.3 is 5.97 Å². The molecule has 0 saturated heterocycles. The van der Waals surface area contributed by atoms with E-state index in [9.17, 15) is 19.8 Å². The van der Waals surface area contributed by atoms with Gasteiger partial charge in [0.1, 0.15) is 12.4 Å². The van der Waals surface area contributed by atoms with E-state index in [0.717, 1.165) is 64.1 Å². The van der Waals surface area contributed by atoms with Crippen molar-refractivity contribution in [3.05, 3.63) is 0 Å². The monoisotopic (exact) mass is 542 g/mol. The SMILES string of the molecule is CCC(=O)O[C@H]1[C@H](Br)CC2C3C(O)CC4C[C@@H](OCCCCC=O)CC[C@]4(C)C3CC[C@@]21CO. The van der Waals surface area contributed by atoms with Crippen molar-refractivity contribution in [2.45, 2.75) is 108 Å². The van der Waals surface area contributed by atoms with Gasteiger partial charge in [-0.1, -0.05) is 29.8 Å². The normalized spacial score (nSPS) is 45.7. The number of aliphatic hydroxyl groups excluding tert-OH is 2. The van der Waals surface area contributed by atoms with Gasteiger partial charge in [0.15, 0.2) is 0 Å². The van der Waals surface area contributed by atoms with Gasteiger partial charge in [-0.2, -0.15) is 0 Å². The van der Waals surface area contributed by atoms with Crippen molar-refractivity contribution >= 4 is 28.2 Å². The van der Waals surface area contributed by atoms with Crippen LogP contribution >= 0.6 is 15.9 Å². The first-order valence-electron chi connectivity index (χ1n) is 13.5. The number of carbonyl (C=O) groups excluding carboxylic acids is 2. The summed E-state index contributed by atoms with van der Waals surface area (Å²) in [6.07, 6.45) is 9.79. The third kappa shape index (κ3) is 4.64. The Bertz CT molecular complexity index is 732. The van der Waals surface area contributed by atoms with E-state index >= 15 is 0 Å². The Morgan fingerprint density at radius 3 is 2.65 bits per heavy atom. The first kappa shape index (κ1) is 26.6. The maximum Gasteiger partial charge on any atom is 0.305 e. The van der Waals surface area contributed by atoms with Gasteiger partial charge in [-0.25, -0.2) is 0 Å². The molecule has 0 aliphatic heterocycles. The minimum Gasteiger partial charge on any atom is -0.460 e. The van der Waals surface area contributed by atoms with Gasteiger partial charge in [-0.3, -0.25) is 4.79 Å². The molecule has 4 aliphatic carbocycles. The third-order valence-corrected chi connectivity index (χ3v) is 11.0. The molecule has 0 amide bonds. The van der Waals surface area contributed by atoms with Crippen LogP contribution in [0.4, 0.5) is 0 Å². The van der Waals surface area contributed by atoms with E-state index < -0.39 is 11.5 Å². The molecule has 0 bridgehead atoms. The van der Waals surface area contributed by atoms with E-state index in [4.69, 9.17) is 9.47 Å². The summed E-state index contributed by atoms with van der Waals surface area (Å²) < 4.78 is 12.1. The van der Waals surface area contributed by atoms with Crippen LogP contribution in [0.25, 0.3) is 0 Å². The van der Waals surface area contributed by atoms with Gasteiger partial charge in [0.2, 0.25) is 0 Å². The van der Waals surface area contributed by atoms with Crippen molar-refractivity contribution in [3.8, 4) is 0 Å². The lowest BCUT2D eigenvalue weighted by atomic mass is 9.44. The Kier molecular flexibility index (Phi) is 8.48. The zero-order chi connectivity index (χ0) is 24.5. The standard InChI is InChI=1S/C27H43BrO6/c1-3-23(32)34-25-21(28)15-20-24-19(8-10-27(20,25)16-30)26(2)9-7-18(13-17(26)14-22(24)31)33-12-6-4-5-11-29/h11,17-22,24-25,30-31H,3-10,12-16H2,1-2H3/t17?,18-,19?,20?,21+,22?,24?,25-,26-,27+/m0/s1. The largest absolute Gasteiger partial charge is 0.460 e. The first-order chi connectivity index (χ1) is 16.3. The minimum atomic E-state index is -0.466. The Labute approximate surface area is 212 Å². The Morgan fingerprint density at radius 1 is 1.15 bits per heavy atom. The fourth-order valence-electron chi connectivity index (χ4n) is 8.36. The smallest absolute Gasteiger partial charge is 0.305 e. The highest BCUT2D eigenvalue weighted by atomic mass is 79.9. The molecule has 2 N–H and O–H groups in total. The Balaban J connectivity index is 1.48. The highest BCUT2D eigenvalue weighted by Crippen LogP contribution is 2.67. The number of fused-ring (bicyclic) bond motifs is 5. The van der Waals surface area contributed by atoms with Crippen LogP contribution in [0.2, 0.25) is 0 Å². The average Bonchev–Trinajstić information content (AvgIpc) is 3.11. The van der Waals surface area contributed by atoms with Gasteiger partial charge in [-0.15, -0.1) is 0 Å². The number of alkyl halides is 1. The summed E-state index contributed by atoms with van der Waals surface area (Å²) in [6.45, 7) is 4.94. The van der Waals surface area contributed by atoms with Crippen LogP contribution in [-0.2, 0) is 19.1 Å². The maximum atomic E-state index is 12.2. The molecule has 0 aromatic heterocycles. The molecule has 0 aromatic carbocycles. The molecule has 4 aliphatic rings. The number of unbranched alkanes of at least 4 members (excludes halogenated alkanes) is 2. The summed E-state index contributed by atoms with van der Waals surface area (Å²) in [4.78, 5) is 22.7. The van der Waals surface area contributed by atoms with Crippen LogP contribution in [0.3, 0.4) is 0 Å². The fraction of sp³-hybridized carbons (Fsp3) is 0.926. The van der Waals surface area contributed by atoms with Crippen LogP contribution in [-0.4, -0.2) is 58.8 Å². The van der Waals surface area contributed by atoms with Gasteiger partial charge in [0.25, 0.3) is 0 Å². The summed E-state index contributed by atoms with van der Waals surface area (Å²) >= 11 is 3.79. The van der Waals surface area contributed by atoms with E-state index in [0.29, 0.717) is 31.3 Å². The molecule has 0 spiro atoms. The molecule has 10 atom stereocenters. The van der Waals surface area contributed by atoms with E-state index in [1.54, 1.807) is 6.92 Å². The van der Waals surface area contributed by atoms with Gasteiger partial charge in [0, 0.05) is 24.9 Å². The summed E-state index contributed by atoms with van der Waals surface area (Å²) in [7, 11) is 0. The molecule has 0 aromatic rings. The number of rotatable bonds is 9. The fourth-order valence-corrected chi connectivity index (χ4v) is 9.40. The topological polar surface area (TPSA) is 93.1 Å². The molecule has 0 heterocycles. The first-order valence-corrected chi connectivity index (χ1v) is 14.4. The van der Waals surface area contributed by atoms with E-state index in [-0.39, 0.29) is 46.9 Å². The molecule has 4 fully saturated rings. The number of carbonyl (C=O) groups is 2. The summed E-state index contributed by atoms with van der Waals surface area (Å²) in [5.41, 5.74) is -0.297. The molecule has 6 nitrogen and oxygen atoms in total. The summed E-state index contributed by atoms with van der Waals surface area (Å²) in [6, 6.07) is 0. The second-order valence-electron chi connectivity index (χ2n) is 11.7.